The average Bonchev–Trinajstić information content (AvgIpc) is 2.34. The van der Waals surface area contributed by atoms with Gasteiger partial charge in [0.2, 0.25) is 0 Å². The molecular weight excluding hydrogens is 214 g/mol. The van der Waals surface area contributed by atoms with Crippen molar-refractivity contribution in [2.24, 2.45) is 0 Å². The summed E-state index contributed by atoms with van der Waals surface area (Å²) in [6.07, 6.45) is 0. The zero-order valence-electron chi connectivity index (χ0n) is 10.1. The van der Waals surface area contributed by atoms with Gasteiger partial charge in [0.15, 0.2) is 0 Å². The molecule has 0 unspecified atom stereocenters. The van der Waals surface area contributed by atoms with E-state index >= 15 is 0 Å². The molecule has 0 bridgehead atoms. The highest BCUT2D eigenvalue weighted by Gasteiger charge is 2.23. The van der Waals surface area contributed by atoms with Gasteiger partial charge in [0.1, 0.15) is 11.6 Å². The molecule has 0 spiro atoms. The molecule has 0 aliphatic carbocycles. The topological polar surface area (TPSA) is 50.6 Å². The molecule has 0 radical (unpaired) electrons. The molecule has 90 valence electrons. The van der Waals surface area contributed by atoms with Crippen LogP contribution in [-0.2, 0) is 0 Å². The number of hydrogen-bond donors (Lipinski definition) is 2. The third-order valence-electron chi connectivity index (χ3n) is 2.88. The van der Waals surface area contributed by atoms with Gasteiger partial charge in [0.05, 0.1) is 12.2 Å². The van der Waals surface area contributed by atoms with Crippen LogP contribution in [0.1, 0.15) is 5.56 Å². The van der Waals surface area contributed by atoms with Crippen molar-refractivity contribution in [3.8, 4) is 0 Å². The molecule has 0 atom stereocenters. The SMILES string of the molecule is CN1C/C(=C(/O)c2ccccc2)C(=N)N(C)C1. The number of aliphatic hydroxyl groups excluding tert-OH is 1. The summed E-state index contributed by atoms with van der Waals surface area (Å²) in [5.41, 5.74) is 1.43. The highest BCUT2D eigenvalue weighted by atomic mass is 16.3. The first kappa shape index (κ1) is 11.7. The van der Waals surface area contributed by atoms with Crippen LogP contribution in [0.4, 0.5) is 0 Å². The van der Waals surface area contributed by atoms with E-state index in [0.29, 0.717) is 24.6 Å². The molecule has 0 amide bonds. The summed E-state index contributed by atoms with van der Waals surface area (Å²) in [5, 5.41) is 18.2. The van der Waals surface area contributed by atoms with Crippen LogP contribution >= 0.6 is 0 Å². The maximum absolute atomic E-state index is 10.2. The molecule has 1 heterocycles. The smallest absolute Gasteiger partial charge is 0.130 e. The molecule has 1 aliphatic rings. The Kier molecular flexibility index (Phi) is 3.15. The standard InChI is InChI=1S/C13H17N3O/c1-15-8-11(13(14)16(2)9-15)12(17)10-6-4-3-5-7-10/h3-7,14,17H,8-9H2,1-2H3/b12-11-,14-13?. The Balaban J connectivity index is 2.39. The summed E-state index contributed by atoms with van der Waals surface area (Å²) in [6.45, 7) is 1.31. The summed E-state index contributed by atoms with van der Waals surface area (Å²) in [7, 11) is 3.83. The quantitative estimate of drug-likeness (QED) is 0.724. The molecule has 1 aliphatic heterocycles. The molecule has 4 heteroatoms. The lowest BCUT2D eigenvalue weighted by Crippen LogP contribution is -2.45. The first-order valence-corrected chi connectivity index (χ1v) is 5.55. The molecule has 2 N–H and O–H groups in total. The molecule has 17 heavy (non-hydrogen) atoms. The maximum atomic E-state index is 10.2. The Hall–Kier alpha value is -1.81. The van der Waals surface area contributed by atoms with Gasteiger partial charge in [-0.05, 0) is 7.05 Å². The molecule has 4 nitrogen and oxygen atoms in total. The Morgan fingerprint density at radius 3 is 2.53 bits per heavy atom. The van der Waals surface area contributed by atoms with Crippen LogP contribution in [0.15, 0.2) is 35.9 Å². The minimum Gasteiger partial charge on any atom is -0.507 e. The fourth-order valence-corrected chi connectivity index (χ4v) is 2.02. The van der Waals surface area contributed by atoms with E-state index in [2.05, 4.69) is 4.90 Å². The molecule has 0 saturated carbocycles. The van der Waals surface area contributed by atoms with E-state index in [1.807, 2.05) is 49.3 Å². The predicted octanol–water partition coefficient (Wildman–Crippen LogP) is 1.77. The molecule has 1 aromatic carbocycles. The minimum atomic E-state index is 0.203. The average molecular weight is 231 g/mol. The molecular formula is C13H17N3O. The Morgan fingerprint density at radius 2 is 1.88 bits per heavy atom. The zero-order chi connectivity index (χ0) is 12.4. The van der Waals surface area contributed by atoms with Gasteiger partial charge >= 0.3 is 0 Å². The number of hydrogen-bond acceptors (Lipinski definition) is 3. The van der Waals surface area contributed by atoms with Gasteiger partial charge < -0.3 is 10.0 Å². The monoisotopic (exact) mass is 231 g/mol. The fourth-order valence-electron chi connectivity index (χ4n) is 2.02. The lowest BCUT2D eigenvalue weighted by atomic mass is 10.1. The number of likely N-dealkylation sites (N-methyl/N-ethyl adjacent to an activating group) is 2. The van der Waals surface area contributed by atoms with Crippen molar-refractivity contribution in [1.82, 2.24) is 9.80 Å². The van der Waals surface area contributed by atoms with Crippen molar-refractivity contribution in [2.75, 3.05) is 27.3 Å². The first-order valence-electron chi connectivity index (χ1n) is 5.55. The maximum Gasteiger partial charge on any atom is 0.130 e. The number of benzene rings is 1. The van der Waals surface area contributed by atoms with E-state index < -0.39 is 0 Å². The number of amidine groups is 1. The van der Waals surface area contributed by atoms with E-state index in [1.165, 1.54) is 0 Å². The predicted molar refractivity (Wildman–Crippen MR) is 69.0 cm³/mol. The summed E-state index contributed by atoms with van der Waals surface area (Å²) >= 11 is 0. The Labute approximate surface area is 101 Å². The number of aliphatic hydroxyl groups is 1. The van der Waals surface area contributed by atoms with E-state index in [1.54, 1.807) is 0 Å². The van der Waals surface area contributed by atoms with Gasteiger partial charge in [-0.3, -0.25) is 10.3 Å². The normalized spacial score (nSPS) is 20.6. The second-order valence-electron chi connectivity index (χ2n) is 4.40. The van der Waals surface area contributed by atoms with Gasteiger partial charge in [-0.25, -0.2) is 0 Å². The molecule has 1 fully saturated rings. The highest BCUT2D eigenvalue weighted by molar-refractivity contribution is 6.02. The third kappa shape index (κ3) is 2.31. The van der Waals surface area contributed by atoms with E-state index in [-0.39, 0.29) is 5.76 Å². The van der Waals surface area contributed by atoms with Gasteiger partial charge in [-0.2, -0.15) is 0 Å². The van der Waals surface area contributed by atoms with Crippen LogP contribution in [0, 0.1) is 5.41 Å². The molecule has 0 aromatic heterocycles. The van der Waals surface area contributed by atoms with Gasteiger partial charge in [0.25, 0.3) is 0 Å². The van der Waals surface area contributed by atoms with Crippen LogP contribution in [0.2, 0.25) is 0 Å². The molecule has 2 rings (SSSR count). The second-order valence-corrected chi connectivity index (χ2v) is 4.40. The third-order valence-corrected chi connectivity index (χ3v) is 2.88. The van der Waals surface area contributed by atoms with E-state index in [0.717, 1.165) is 5.56 Å². The second kappa shape index (κ2) is 4.59. The summed E-state index contributed by atoms with van der Waals surface area (Å²) in [6, 6.07) is 9.37. The number of rotatable bonds is 1. The summed E-state index contributed by atoms with van der Waals surface area (Å²) in [4.78, 5) is 3.88. The van der Waals surface area contributed by atoms with Crippen molar-refractivity contribution in [3.63, 3.8) is 0 Å². The van der Waals surface area contributed by atoms with Crippen LogP contribution < -0.4 is 0 Å². The lowest BCUT2D eigenvalue weighted by Gasteiger charge is -2.34. The molecule has 1 saturated heterocycles. The van der Waals surface area contributed by atoms with Crippen molar-refractivity contribution in [1.29, 1.82) is 5.41 Å². The van der Waals surface area contributed by atoms with Gasteiger partial charge in [-0.15, -0.1) is 0 Å². The van der Waals surface area contributed by atoms with Crippen molar-refractivity contribution in [3.05, 3.63) is 41.5 Å². The van der Waals surface area contributed by atoms with Crippen LogP contribution in [-0.4, -0.2) is 48.1 Å². The Morgan fingerprint density at radius 1 is 1.24 bits per heavy atom. The summed E-state index contributed by atoms with van der Waals surface area (Å²) < 4.78 is 0. The number of nitrogens with zero attached hydrogens (tertiary/aromatic N) is 2. The number of nitrogens with one attached hydrogen (secondary N) is 1. The van der Waals surface area contributed by atoms with E-state index in [9.17, 15) is 5.11 Å². The van der Waals surface area contributed by atoms with Crippen LogP contribution in [0.25, 0.3) is 5.76 Å². The molecule has 1 aromatic rings. The van der Waals surface area contributed by atoms with Gasteiger partial charge in [0, 0.05) is 19.2 Å². The van der Waals surface area contributed by atoms with Crippen LogP contribution in [0.3, 0.4) is 0 Å². The first-order chi connectivity index (χ1) is 8.09. The zero-order valence-corrected chi connectivity index (χ0v) is 10.1. The van der Waals surface area contributed by atoms with Gasteiger partial charge in [-0.1, -0.05) is 30.3 Å². The largest absolute Gasteiger partial charge is 0.507 e. The lowest BCUT2D eigenvalue weighted by molar-refractivity contribution is 0.241. The fraction of sp³-hybridized carbons (Fsp3) is 0.308. The minimum absolute atomic E-state index is 0.203. The van der Waals surface area contributed by atoms with Crippen LogP contribution in [0.5, 0.6) is 0 Å². The summed E-state index contributed by atoms with van der Waals surface area (Å²) in [5.74, 6) is 0.596. The van der Waals surface area contributed by atoms with Crippen molar-refractivity contribution < 1.29 is 5.11 Å². The van der Waals surface area contributed by atoms with E-state index in [4.69, 9.17) is 5.41 Å². The van der Waals surface area contributed by atoms with Crippen molar-refractivity contribution >= 4 is 11.6 Å². The highest BCUT2D eigenvalue weighted by Crippen LogP contribution is 2.20. The Bertz CT molecular complexity index is 453. The van der Waals surface area contributed by atoms with Crippen molar-refractivity contribution in [2.45, 2.75) is 0 Å².